The van der Waals surface area contributed by atoms with Crippen molar-refractivity contribution in [1.82, 2.24) is 20.1 Å². The van der Waals surface area contributed by atoms with E-state index >= 15 is 0 Å². The summed E-state index contributed by atoms with van der Waals surface area (Å²) in [6.45, 7) is 5.21. The summed E-state index contributed by atoms with van der Waals surface area (Å²) in [7, 11) is 0. The van der Waals surface area contributed by atoms with Crippen molar-refractivity contribution >= 4 is 5.91 Å². The molecule has 0 aromatic carbocycles. The number of carbonyl (C=O) groups is 1. The van der Waals surface area contributed by atoms with Crippen LogP contribution in [0, 0.1) is 0 Å². The van der Waals surface area contributed by atoms with E-state index in [1.165, 1.54) is 12.8 Å². The summed E-state index contributed by atoms with van der Waals surface area (Å²) < 4.78 is 0. The van der Waals surface area contributed by atoms with Gasteiger partial charge in [-0.2, -0.15) is 0 Å². The van der Waals surface area contributed by atoms with Crippen LogP contribution in [0.5, 0.6) is 0 Å². The third-order valence-electron chi connectivity index (χ3n) is 6.10. The summed E-state index contributed by atoms with van der Waals surface area (Å²) in [6, 6.07) is 6.43. The summed E-state index contributed by atoms with van der Waals surface area (Å²) in [5.41, 5.74) is 0.969. The van der Waals surface area contributed by atoms with E-state index < -0.39 is 0 Å². The Morgan fingerprint density at radius 3 is 2.58 bits per heavy atom. The van der Waals surface area contributed by atoms with Gasteiger partial charge in [-0.15, -0.1) is 0 Å². The Morgan fingerprint density at radius 1 is 1.17 bits per heavy atom. The van der Waals surface area contributed by atoms with E-state index in [0.717, 1.165) is 64.1 Å². The van der Waals surface area contributed by atoms with Crippen LogP contribution in [0.2, 0.25) is 0 Å². The summed E-state index contributed by atoms with van der Waals surface area (Å²) in [6.07, 6.45) is 8.42. The second kappa shape index (κ2) is 6.81. The Morgan fingerprint density at radius 2 is 1.92 bits per heavy atom. The van der Waals surface area contributed by atoms with Gasteiger partial charge in [-0.3, -0.25) is 19.6 Å². The number of pyridine rings is 1. The fourth-order valence-corrected chi connectivity index (χ4v) is 4.75. The van der Waals surface area contributed by atoms with Crippen LogP contribution in [0.15, 0.2) is 24.4 Å². The van der Waals surface area contributed by atoms with Gasteiger partial charge in [0, 0.05) is 31.9 Å². The van der Waals surface area contributed by atoms with Crippen LogP contribution in [0.1, 0.15) is 44.2 Å². The number of fused-ring (bicyclic) bond motifs is 1. The highest BCUT2D eigenvalue weighted by Gasteiger charge is 2.50. The molecule has 0 spiro atoms. The van der Waals surface area contributed by atoms with Crippen molar-refractivity contribution in [1.29, 1.82) is 0 Å². The van der Waals surface area contributed by atoms with Gasteiger partial charge in [0.25, 0.3) is 0 Å². The Kier molecular flexibility index (Phi) is 4.55. The molecule has 130 valence electrons. The second-order valence-corrected chi connectivity index (χ2v) is 7.57. The van der Waals surface area contributed by atoms with Crippen molar-refractivity contribution in [2.75, 3.05) is 26.2 Å². The number of hydrogen-bond donors (Lipinski definition) is 1. The van der Waals surface area contributed by atoms with E-state index in [4.69, 9.17) is 0 Å². The first kappa shape index (κ1) is 16.0. The van der Waals surface area contributed by atoms with Crippen LogP contribution >= 0.6 is 0 Å². The SMILES string of the molecule is O=C(NC1CCN(Cc2ccccn2)CC1)C12CCCN1CCC2. The highest BCUT2D eigenvalue weighted by molar-refractivity contribution is 5.87. The van der Waals surface area contributed by atoms with Gasteiger partial charge in [0.05, 0.1) is 5.69 Å². The molecule has 4 rings (SSSR count). The lowest BCUT2D eigenvalue weighted by Crippen LogP contribution is -2.55. The smallest absolute Gasteiger partial charge is 0.240 e. The summed E-state index contributed by atoms with van der Waals surface area (Å²) in [5.74, 6) is 0.306. The third kappa shape index (κ3) is 3.07. The molecule has 1 N–H and O–H groups in total. The van der Waals surface area contributed by atoms with Crippen LogP contribution in [-0.4, -0.2) is 58.5 Å². The minimum Gasteiger partial charge on any atom is -0.352 e. The molecule has 5 nitrogen and oxygen atoms in total. The molecule has 3 aliphatic heterocycles. The molecule has 5 heteroatoms. The predicted molar refractivity (Wildman–Crippen MR) is 93.5 cm³/mol. The molecule has 1 aromatic rings. The fraction of sp³-hybridized carbons (Fsp3) is 0.684. The van der Waals surface area contributed by atoms with Crippen molar-refractivity contribution in [2.24, 2.45) is 0 Å². The quantitative estimate of drug-likeness (QED) is 0.915. The molecule has 3 fully saturated rings. The molecule has 1 amide bonds. The number of likely N-dealkylation sites (tertiary alicyclic amines) is 1. The molecular formula is C19H28N4O. The van der Waals surface area contributed by atoms with Crippen LogP contribution in [0.25, 0.3) is 0 Å². The Bertz CT molecular complexity index is 558. The highest BCUT2D eigenvalue weighted by atomic mass is 16.2. The van der Waals surface area contributed by atoms with Crippen molar-refractivity contribution in [3.05, 3.63) is 30.1 Å². The van der Waals surface area contributed by atoms with E-state index in [1.54, 1.807) is 0 Å². The average molecular weight is 328 g/mol. The van der Waals surface area contributed by atoms with E-state index in [-0.39, 0.29) is 5.54 Å². The van der Waals surface area contributed by atoms with E-state index in [9.17, 15) is 4.79 Å². The normalized spacial score (nSPS) is 24.8. The number of rotatable bonds is 4. The molecule has 0 radical (unpaired) electrons. The molecule has 0 aliphatic carbocycles. The lowest BCUT2D eigenvalue weighted by Gasteiger charge is -2.36. The maximum Gasteiger partial charge on any atom is 0.240 e. The summed E-state index contributed by atoms with van der Waals surface area (Å²) in [5, 5.41) is 3.38. The zero-order valence-corrected chi connectivity index (χ0v) is 14.4. The van der Waals surface area contributed by atoms with Crippen LogP contribution in [0.3, 0.4) is 0 Å². The molecule has 3 saturated heterocycles. The molecule has 0 bridgehead atoms. The molecule has 0 unspecified atom stereocenters. The maximum absolute atomic E-state index is 12.9. The highest BCUT2D eigenvalue weighted by Crippen LogP contribution is 2.39. The lowest BCUT2D eigenvalue weighted by atomic mass is 9.92. The first-order chi connectivity index (χ1) is 11.8. The summed E-state index contributed by atoms with van der Waals surface area (Å²) >= 11 is 0. The van der Waals surface area contributed by atoms with Crippen molar-refractivity contribution < 1.29 is 4.79 Å². The first-order valence-electron chi connectivity index (χ1n) is 9.45. The lowest BCUT2D eigenvalue weighted by molar-refractivity contribution is -0.131. The third-order valence-corrected chi connectivity index (χ3v) is 6.10. The fourth-order valence-electron chi connectivity index (χ4n) is 4.75. The number of hydrogen-bond acceptors (Lipinski definition) is 4. The number of nitrogens with one attached hydrogen (secondary N) is 1. The molecule has 4 heterocycles. The Labute approximate surface area is 144 Å². The largest absolute Gasteiger partial charge is 0.352 e. The zero-order chi connectivity index (χ0) is 16.4. The maximum atomic E-state index is 12.9. The van der Waals surface area contributed by atoms with Gasteiger partial charge in [0.2, 0.25) is 5.91 Å². The Balaban J connectivity index is 1.28. The standard InChI is InChI=1S/C19H28N4O/c24-18(19-8-3-11-23(19)12-4-9-19)21-16-6-13-22(14-7-16)15-17-5-1-2-10-20-17/h1-2,5,10,16H,3-4,6-9,11-15H2,(H,21,24). The zero-order valence-electron chi connectivity index (χ0n) is 14.4. The van der Waals surface area contributed by atoms with Gasteiger partial charge in [-0.25, -0.2) is 0 Å². The minimum atomic E-state index is -0.162. The molecular weight excluding hydrogens is 300 g/mol. The summed E-state index contributed by atoms with van der Waals surface area (Å²) in [4.78, 5) is 22.2. The van der Waals surface area contributed by atoms with Gasteiger partial charge < -0.3 is 5.32 Å². The van der Waals surface area contributed by atoms with Crippen molar-refractivity contribution in [3.8, 4) is 0 Å². The van der Waals surface area contributed by atoms with Gasteiger partial charge in [-0.05, 0) is 63.7 Å². The topological polar surface area (TPSA) is 48.5 Å². The molecule has 0 atom stereocenters. The number of carbonyl (C=O) groups excluding carboxylic acids is 1. The number of aromatic nitrogens is 1. The number of amides is 1. The molecule has 1 aromatic heterocycles. The van der Waals surface area contributed by atoms with E-state index in [2.05, 4.69) is 26.2 Å². The van der Waals surface area contributed by atoms with E-state index in [1.807, 2.05) is 18.3 Å². The predicted octanol–water partition coefficient (Wildman–Crippen LogP) is 1.79. The van der Waals surface area contributed by atoms with Gasteiger partial charge in [0.15, 0.2) is 0 Å². The molecule has 3 aliphatic rings. The van der Waals surface area contributed by atoms with Gasteiger partial charge >= 0.3 is 0 Å². The van der Waals surface area contributed by atoms with Crippen molar-refractivity contribution in [2.45, 2.75) is 56.7 Å². The van der Waals surface area contributed by atoms with Gasteiger partial charge in [-0.1, -0.05) is 6.07 Å². The molecule has 24 heavy (non-hydrogen) atoms. The van der Waals surface area contributed by atoms with Crippen LogP contribution < -0.4 is 5.32 Å². The Hall–Kier alpha value is -1.46. The average Bonchev–Trinajstić information content (AvgIpc) is 3.18. The monoisotopic (exact) mass is 328 g/mol. The number of nitrogens with zero attached hydrogens (tertiary/aromatic N) is 3. The number of piperidine rings is 1. The van der Waals surface area contributed by atoms with Gasteiger partial charge in [0.1, 0.15) is 5.54 Å². The van der Waals surface area contributed by atoms with Crippen molar-refractivity contribution in [3.63, 3.8) is 0 Å². The first-order valence-corrected chi connectivity index (χ1v) is 9.45. The van der Waals surface area contributed by atoms with E-state index in [0.29, 0.717) is 11.9 Å². The van der Waals surface area contributed by atoms with Crippen LogP contribution in [-0.2, 0) is 11.3 Å². The minimum absolute atomic E-state index is 0.162. The second-order valence-electron chi connectivity index (χ2n) is 7.57. The van der Waals surface area contributed by atoms with Crippen LogP contribution in [0.4, 0.5) is 0 Å². The molecule has 0 saturated carbocycles.